The molecule has 0 aromatic carbocycles. The number of halogens is 3. The summed E-state index contributed by atoms with van der Waals surface area (Å²) in [5.74, 6) is 0.256. The lowest BCUT2D eigenvalue weighted by atomic mass is 9.93. The highest BCUT2D eigenvalue weighted by molar-refractivity contribution is 4.97. The molecule has 0 spiro atoms. The van der Waals surface area contributed by atoms with Crippen LogP contribution in [-0.4, -0.2) is 22.9 Å². The van der Waals surface area contributed by atoms with E-state index in [0.29, 0.717) is 5.92 Å². The normalized spacial score (nSPS) is 26.1. The van der Waals surface area contributed by atoms with Gasteiger partial charge in [-0.05, 0) is 25.3 Å². The maximum atomic E-state index is 12.1. The van der Waals surface area contributed by atoms with Crippen LogP contribution < -0.4 is 5.32 Å². The molecule has 1 N–H and O–H groups in total. The molecule has 2 unspecified atom stereocenters. The average Bonchev–Trinajstić information content (AvgIpc) is 2.64. The lowest BCUT2D eigenvalue weighted by Gasteiger charge is -2.26. The van der Waals surface area contributed by atoms with Gasteiger partial charge >= 0.3 is 6.18 Å². The molecular formula is C10H14F3N3O. The van der Waals surface area contributed by atoms with Crippen molar-refractivity contribution in [2.24, 2.45) is 5.92 Å². The van der Waals surface area contributed by atoms with Gasteiger partial charge < -0.3 is 9.84 Å². The van der Waals surface area contributed by atoms with Crippen LogP contribution in [-0.2, 0) is 6.42 Å². The van der Waals surface area contributed by atoms with E-state index >= 15 is 0 Å². The molecule has 0 bridgehead atoms. The highest BCUT2D eigenvalue weighted by Crippen LogP contribution is 2.28. The maximum absolute atomic E-state index is 12.1. The smallest absolute Gasteiger partial charge is 0.338 e. The Hall–Kier alpha value is -1.11. The summed E-state index contributed by atoms with van der Waals surface area (Å²) in [7, 11) is 0. The number of hydrogen-bond donors (Lipinski definition) is 1. The van der Waals surface area contributed by atoms with Crippen molar-refractivity contribution in [3.8, 4) is 0 Å². The van der Waals surface area contributed by atoms with E-state index in [1.807, 2.05) is 6.92 Å². The molecule has 0 saturated carbocycles. The van der Waals surface area contributed by atoms with Crippen LogP contribution in [0.4, 0.5) is 13.2 Å². The van der Waals surface area contributed by atoms with Gasteiger partial charge in [-0.25, -0.2) is 0 Å². The maximum Gasteiger partial charge on any atom is 0.396 e. The number of piperidine rings is 1. The molecule has 0 aliphatic carbocycles. The van der Waals surface area contributed by atoms with Gasteiger partial charge in [0.25, 0.3) is 0 Å². The number of nitrogens with one attached hydrogen (secondary N) is 1. The first kappa shape index (κ1) is 12.3. The summed E-state index contributed by atoms with van der Waals surface area (Å²) in [6, 6.07) is -0.127. The third-order valence-corrected chi connectivity index (χ3v) is 2.88. The minimum atomic E-state index is -4.30. The van der Waals surface area contributed by atoms with E-state index in [1.165, 1.54) is 0 Å². The molecule has 0 radical (unpaired) electrons. The van der Waals surface area contributed by atoms with Crippen LogP contribution in [0.5, 0.6) is 0 Å². The lowest BCUT2D eigenvalue weighted by molar-refractivity contribution is -0.128. The van der Waals surface area contributed by atoms with Crippen LogP contribution >= 0.6 is 0 Å². The fraction of sp³-hybridized carbons (Fsp3) is 0.800. The first-order valence-corrected chi connectivity index (χ1v) is 5.58. The van der Waals surface area contributed by atoms with Gasteiger partial charge in [0.05, 0.1) is 6.04 Å². The molecule has 1 saturated heterocycles. The second-order valence-electron chi connectivity index (χ2n) is 4.39. The number of rotatable bonds is 2. The van der Waals surface area contributed by atoms with Gasteiger partial charge in [0, 0.05) is 0 Å². The Morgan fingerprint density at radius 2 is 2.24 bits per heavy atom. The Morgan fingerprint density at radius 3 is 2.88 bits per heavy atom. The van der Waals surface area contributed by atoms with Crippen LogP contribution in [0.3, 0.4) is 0 Å². The van der Waals surface area contributed by atoms with Gasteiger partial charge in [-0.3, -0.25) is 0 Å². The Labute approximate surface area is 96.6 Å². The molecule has 1 aliphatic heterocycles. The predicted octanol–water partition coefficient (Wildman–Crippen LogP) is 2.24. The lowest BCUT2D eigenvalue weighted by Crippen LogP contribution is -2.33. The van der Waals surface area contributed by atoms with E-state index in [-0.39, 0.29) is 17.8 Å². The van der Waals surface area contributed by atoms with Crippen molar-refractivity contribution in [3.63, 3.8) is 0 Å². The topological polar surface area (TPSA) is 51.0 Å². The molecule has 96 valence electrons. The number of alkyl halides is 3. The van der Waals surface area contributed by atoms with Gasteiger partial charge in [0.1, 0.15) is 6.42 Å². The van der Waals surface area contributed by atoms with Crippen molar-refractivity contribution in [2.45, 2.75) is 38.4 Å². The zero-order valence-electron chi connectivity index (χ0n) is 9.42. The zero-order valence-corrected chi connectivity index (χ0v) is 9.42. The van der Waals surface area contributed by atoms with E-state index < -0.39 is 12.6 Å². The monoisotopic (exact) mass is 249 g/mol. The largest absolute Gasteiger partial charge is 0.396 e. The molecule has 0 amide bonds. The van der Waals surface area contributed by atoms with Gasteiger partial charge in [0.15, 0.2) is 5.82 Å². The molecule has 1 fully saturated rings. The zero-order chi connectivity index (χ0) is 12.5. The van der Waals surface area contributed by atoms with E-state index in [4.69, 9.17) is 4.52 Å². The SMILES string of the molecule is CC1CCCNC1c1nc(CC(F)(F)F)no1. The summed E-state index contributed by atoms with van der Waals surface area (Å²) in [6.45, 7) is 2.84. The summed E-state index contributed by atoms with van der Waals surface area (Å²) in [5.41, 5.74) is 0. The summed E-state index contributed by atoms with van der Waals surface area (Å²) in [4.78, 5) is 3.81. The minimum absolute atomic E-state index is 0.127. The molecule has 17 heavy (non-hydrogen) atoms. The molecule has 2 rings (SSSR count). The minimum Gasteiger partial charge on any atom is -0.338 e. The Balaban J connectivity index is 2.07. The predicted molar refractivity (Wildman–Crippen MR) is 53.2 cm³/mol. The summed E-state index contributed by atoms with van der Waals surface area (Å²) >= 11 is 0. The first-order valence-electron chi connectivity index (χ1n) is 5.58. The molecule has 1 aliphatic rings. The molecule has 4 nitrogen and oxygen atoms in total. The van der Waals surface area contributed by atoms with Crippen LogP contribution in [0, 0.1) is 5.92 Å². The highest BCUT2D eigenvalue weighted by Gasteiger charge is 2.32. The van der Waals surface area contributed by atoms with Gasteiger partial charge in [-0.2, -0.15) is 18.2 Å². The van der Waals surface area contributed by atoms with Crippen molar-refractivity contribution >= 4 is 0 Å². The molecule has 1 aromatic rings. The summed E-state index contributed by atoms with van der Waals surface area (Å²) in [5, 5.41) is 6.55. The number of aromatic nitrogens is 2. The number of nitrogens with zero attached hydrogens (tertiary/aromatic N) is 2. The van der Waals surface area contributed by atoms with Crippen LogP contribution in [0.1, 0.15) is 37.5 Å². The van der Waals surface area contributed by atoms with Crippen molar-refractivity contribution < 1.29 is 17.7 Å². The highest BCUT2D eigenvalue weighted by atomic mass is 19.4. The van der Waals surface area contributed by atoms with Gasteiger partial charge in [-0.1, -0.05) is 12.1 Å². The van der Waals surface area contributed by atoms with Crippen LogP contribution in [0.2, 0.25) is 0 Å². The first-order chi connectivity index (χ1) is 7.96. The van der Waals surface area contributed by atoms with E-state index in [2.05, 4.69) is 15.5 Å². The Kier molecular flexibility index (Phi) is 3.37. The molecular weight excluding hydrogens is 235 g/mol. The van der Waals surface area contributed by atoms with E-state index in [9.17, 15) is 13.2 Å². The fourth-order valence-corrected chi connectivity index (χ4v) is 2.03. The third-order valence-electron chi connectivity index (χ3n) is 2.88. The Bertz CT molecular complexity index is 377. The fourth-order valence-electron chi connectivity index (χ4n) is 2.03. The quantitative estimate of drug-likeness (QED) is 0.873. The van der Waals surface area contributed by atoms with Crippen molar-refractivity contribution in [2.75, 3.05) is 6.54 Å². The van der Waals surface area contributed by atoms with E-state index in [0.717, 1.165) is 19.4 Å². The summed E-state index contributed by atoms with van der Waals surface area (Å²) in [6.07, 6.45) is -3.37. The van der Waals surface area contributed by atoms with E-state index in [1.54, 1.807) is 0 Å². The van der Waals surface area contributed by atoms with Crippen molar-refractivity contribution in [1.82, 2.24) is 15.5 Å². The van der Waals surface area contributed by atoms with Crippen LogP contribution in [0.15, 0.2) is 4.52 Å². The molecule has 2 atom stereocenters. The van der Waals surface area contributed by atoms with Crippen LogP contribution in [0.25, 0.3) is 0 Å². The van der Waals surface area contributed by atoms with Crippen molar-refractivity contribution in [1.29, 1.82) is 0 Å². The van der Waals surface area contributed by atoms with Gasteiger partial charge in [-0.15, -0.1) is 0 Å². The second kappa shape index (κ2) is 4.64. The average molecular weight is 249 g/mol. The molecule has 2 heterocycles. The molecule has 1 aromatic heterocycles. The Morgan fingerprint density at radius 1 is 1.47 bits per heavy atom. The summed E-state index contributed by atoms with van der Waals surface area (Å²) < 4.78 is 41.3. The van der Waals surface area contributed by atoms with Gasteiger partial charge in [0.2, 0.25) is 5.89 Å². The number of hydrogen-bond acceptors (Lipinski definition) is 4. The standard InChI is InChI=1S/C10H14F3N3O/c1-6-3-2-4-14-8(6)9-15-7(16-17-9)5-10(11,12)13/h6,8,14H,2-5H2,1H3. The molecule has 7 heteroatoms. The second-order valence-corrected chi connectivity index (χ2v) is 4.39. The van der Waals surface area contributed by atoms with Crippen molar-refractivity contribution in [3.05, 3.63) is 11.7 Å². The third kappa shape index (κ3) is 3.18.